The molecule has 0 unspecified atom stereocenters. The van der Waals surface area contributed by atoms with Gasteiger partial charge in [-0.1, -0.05) is 29.8 Å². The van der Waals surface area contributed by atoms with E-state index in [9.17, 15) is 14.4 Å². The van der Waals surface area contributed by atoms with Gasteiger partial charge < -0.3 is 10.1 Å². The van der Waals surface area contributed by atoms with Crippen molar-refractivity contribution in [2.45, 2.75) is 6.92 Å². The highest BCUT2D eigenvalue weighted by Gasteiger charge is 2.10. The molecule has 0 fully saturated rings. The lowest BCUT2D eigenvalue weighted by Crippen LogP contribution is -2.35. The van der Waals surface area contributed by atoms with Crippen LogP contribution >= 0.6 is 22.6 Å². The summed E-state index contributed by atoms with van der Waals surface area (Å²) in [5, 5.41) is 6.43. The predicted molar refractivity (Wildman–Crippen MR) is 130 cm³/mol. The summed E-state index contributed by atoms with van der Waals surface area (Å²) in [6.45, 7) is 1.70. The lowest BCUT2D eigenvalue weighted by molar-refractivity contribution is -0.120. The Hall–Kier alpha value is -3.53. The molecule has 162 valence electrons. The lowest BCUT2D eigenvalue weighted by Gasteiger charge is -2.06. The van der Waals surface area contributed by atoms with Gasteiger partial charge in [0.05, 0.1) is 23.9 Å². The molecule has 0 saturated heterocycles. The Morgan fingerprint density at radius 2 is 1.75 bits per heavy atom. The second-order valence-corrected chi connectivity index (χ2v) is 7.95. The number of rotatable bonds is 7. The summed E-state index contributed by atoms with van der Waals surface area (Å²) in [6, 6.07) is 20.9. The molecule has 0 heterocycles. The zero-order valence-electron chi connectivity index (χ0n) is 17.2. The van der Waals surface area contributed by atoms with E-state index < -0.39 is 11.9 Å². The number of amides is 2. The van der Waals surface area contributed by atoms with Gasteiger partial charge in [0.2, 0.25) is 0 Å². The number of hydrogen-bond donors (Lipinski definition) is 2. The fourth-order valence-corrected chi connectivity index (χ4v) is 3.31. The molecule has 0 aliphatic rings. The van der Waals surface area contributed by atoms with E-state index in [-0.39, 0.29) is 12.5 Å². The maximum absolute atomic E-state index is 12.2. The summed E-state index contributed by atoms with van der Waals surface area (Å²) in [7, 11) is 0. The first-order valence-corrected chi connectivity index (χ1v) is 10.7. The number of ether oxygens (including phenoxy) is 1. The number of carbonyl (C=O) groups excluding carboxylic acids is 3. The van der Waals surface area contributed by atoms with Crippen LogP contribution in [0.3, 0.4) is 0 Å². The van der Waals surface area contributed by atoms with Gasteiger partial charge >= 0.3 is 5.97 Å². The van der Waals surface area contributed by atoms with Crippen LogP contribution in [0.2, 0.25) is 0 Å². The third kappa shape index (κ3) is 6.74. The zero-order chi connectivity index (χ0) is 22.9. The summed E-state index contributed by atoms with van der Waals surface area (Å²) in [4.78, 5) is 36.2. The number of benzene rings is 3. The number of nitrogens with zero attached hydrogens (tertiary/aromatic N) is 1. The van der Waals surface area contributed by atoms with Gasteiger partial charge in [-0.05, 0) is 83.6 Å². The van der Waals surface area contributed by atoms with Gasteiger partial charge in [0.1, 0.15) is 5.75 Å². The van der Waals surface area contributed by atoms with Gasteiger partial charge in [0.15, 0.2) is 0 Å². The van der Waals surface area contributed by atoms with E-state index in [2.05, 4.69) is 38.4 Å². The number of halogens is 1. The molecule has 0 atom stereocenters. The second-order valence-electron chi connectivity index (χ2n) is 6.78. The number of carbonyl (C=O) groups is 3. The molecule has 0 aromatic heterocycles. The summed E-state index contributed by atoms with van der Waals surface area (Å²) >= 11 is 2.06. The van der Waals surface area contributed by atoms with Crippen molar-refractivity contribution in [1.82, 2.24) is 10.7 Å². The standard InChI is InChI=1S/C24H20IN3O4/c1-16-5-4-6-18(13-16)24(31)32-19-11-9-17(10-12-19)14-27-28-22(29)15-26-23(30)20-7-2-3-8-21(20)25/h2-14H,15H2,1H3,(H,26,30)(H,28,29)/b27-14+. The van der Waals surface area contributed by atoms with Gasteiger partial charge in [-0.3, -0.25) is 9.59 Å². The Labute approximate surface area is 199 Å². The van der Waals surface area contributed by atoms with Gasteiger partial charge in [-0.15, -0.1) is 0 Å². The van der Waals surface area contributed by atoms with Crippen LogP contribution in [-0.4, -0.2) is 30.5 Å². The molecule has 2 N–H and O–H groups in total. The quantitative estimate of drug-likeness (QED) is 0.157. The molecule has 0 saturated carbocycles. The molecule has 0 spiro atoms. The minimum Gasteiger partial charge on any atom is -0.423 e. The minimum atomic E-state index is -0.454. The third-order valence-corrected chi connectivity index (χ3v) is 5.22. The molecule has 8 heteroatoms. The van der Waals surface area contributed by atoms with Crippen molar-refractivity contribution in [2.75, 3.05) is 6.54 Å². The van der Waals surface area contributed by atoms with E-state index in [4.69, 9.17) is 4.74 Å². The number of hydrogen-bond acceptors (Lipinski definition) is 5. The zero-order valence-corrected chi connectivity index (χ0v) is 19.3. The summed E-state index contributed by atoms with van der Waals surface area (Å²) in [5.41, 5.74) is 5.01. The van der Waals surface area contributed by atoms with Crippen LogP contribution in [0.1, 0.15) is 31.8 Å². The maximum atomic E-state index is 12.2. The maximum Gasteiger partial charge on any atom is 0.343 e. The van der Waals surface area contributed by atoms with Crippen LogP contribution < -0.4 is 15.5 Å². The van der Waals surface area contributed by atoms with Crippen molar-refractivity contribution in [3.63, 3.8) is 0 Å². The minimum absolute atomic E-state index is 0.199. The van der Waals surface area contributed by atoms with E-state index in [1.807, 2.05) is 25.1 Å². The van der Waals surface area contributed by atoms with E-state index in [1.54, 1.807) is 54.6 Å². The Kier molecular flexibility index (Phi) is 8.09. The molecular weight excluding hydrogens is 521 g/mol. The van der Waals surface area contributed by atoms with E-state index in [0.29, 0.717) is 22.4 Å². The smallest absolute Gasteiger partial charge is 0.343 e. The average Bonchev–Trinajstić information content (AvgIpc) is 2.79. The van der Waals surface area contributed by atoms with Gasteiger partial charge in [0.25, 0.3) is 11.8 Å². The number of nitrogens with one attached hydrogen (secondary N) is 2. The molecule has 0 aliphatic heterocycles. The van der Waals surface area contributed by atoms with Gasteiger partial charge in [-0.25, -0.2) is 10.2 Å². The van der Waals surface area contributed by atoms with Crippen LogP contribution in [0.5, 0.6) is 5.75 Å². The molecule has 0 radical (unpaired) electrons. The van der Waals surface area contributed by atoms with Crippen LogP contribution in [-0.2, 0) is 4.79 Å². The number of hydrazone groups is 1. The number of esters is 1. The molecule has 3 aromatic carbocycles. The van der Waals surface area contributed by atoms with Gasteiger partial charge in [0, 0.05) is 3.57 Å². The predicted octanol–water partition coefficient (Wildman–Crippen LogP) is 3.70. The first-order chi connectivity index (χ1) is 15.4. The highest BCUT2D eigenvalue weighted by molar-refractivity contribution is 14.1. The third-order valence-electron chi connectivity index (χ3n) is 4.28. The van der Waals surface area contributed by atoms with Crippen molar-refractivity contribution in [3.05, 3.63) is 98.6 Å². The van der Waals surface area contributed by atoms with Crippen LogP contribution in [0.15, 0.2) is 77.9 Å². The molecular formula is C24H20IN3O4. The van der Waals surface area contributed by atoms with Crippen molar-refractivity contribution in [2.24, 2.45) is 5.10 Å². The van der Waals surface area contributed by atoms with Crippen molar-refractivity contribution in [1.29, 1.82) is 0 Å². The Morgan fingerprint density at radius 1 is 1.00 bits per heavy atom. The van der Waals surface area contributed by atoms with E-state index in [1.165, 1.54) is 6.21 Å². The molecule has 0 bridgehead atoms. The van der Waals surface area contributed by atoms with Gasteiger partial charge in [-0.2, -0.15) is 5.10 Å². The number of aryl methyl sites for hydroxylation is 1. The van der Waals surface area contributed by atoms with E-state index >= 15 is 0 Å². The Morgan fingerprint density at radius 3 is 2.47 bits per heavy atom. The van der Waals surface area contributed by atoms with Crippen molar-refractivity contribution >= 4 is 46.6 Å². The topological polar surface area (TPSA) is 96.9 Å². The molecule has 0 aliphatic carbocycles. The molecule has 3 rings (SSSR count). The monoisotopic (exact) mass is 541 g/mol. The highest BCUT2D eigenvalue weighted by atomic mass is 127. The van der Waals surface area contributed by atoms with Crippen LogP contribution in [0.25, 0.3) is 0 Å². The molecule has 3 aromatic rings. The van der Waals surface area contributed by atoms with Crippen molar-refractivity contribution in [3.8, 4) is 5.75 Å². The summed E-state index contributed by atoms with van der Waals surface area (Å²) in [6.07, 6.45) is 1.45. The molecule has 32 heavy (non-hydrogen) atoms. The fraction of sp³-hybridized carbons (Fsp3) is 0.0833. The molecule has 7 nitrogen and oxygen atoms in total. The SMILES string of the molecule is Cc1cccc(C(=O)Oc2ccc(/C=N/NC(=O)CNC(=O)c3ccccc3I)cc2)c1. The Balaban J connectivity index is 1.46. The second kappa shape index (κ2) is 11.2. The Bertz CT molecular complexity index is 1160. The fourth-order valence-electron chi connectivity index (χ4n) is 2.68. The first kappa shape index (κ1) is 23.1. The largest absolute Gasteiger partial charge is 0.423 e. The van der Waals surface area contributed by atoms with Crippen LogP contribution in [0, 0.1) is 10.5 Å². The lowest BCUT2D eigenvalue weighted by atomic mass is 10.1. The summed E-state index contributed by atoms with van der Waals surface area (Å²) < 4.78 is 6.16. The summed E-state index contributed by atoms with van der Waals surface area (Å²) in [5.74, 6) is -0.820. The highest BCUT2D eigenvalue weighted by Crippen LogP contribution is 2.14. The van der Waals surface area contributed by atoms with Crippen molar-refractivity contribution < 1.29 is 19.1 Å². The van der Waals surface area contributed by atoms with E-state index in [0.717, 1.165) is 9.13 Å². The molecule has 2 amide bonds. The normalized spacial score (nSPS) is 10.6. The first-order valence-electron chi connectivity index (χ1n) is 9.66. The van der Waals surface area contributed by atoms with Crippen LogP contribution in [0.4, 0.5) is 0 Å². The average molecular weight is 541 g/mol.